The monoisotopic (exact) mass is 305 g/mol. The summed E-state index contributed by atoms with van der Waals surface area (Å²) in [5.74, 6) is 0.109. The van der Waals surface area contributed by atoms with Gasteiger partial charge in [-0.25, -0.2) is 9.79 Å². The molecule has 0 aromatic heterocycles. The van der Waals surface area contributed by atoms with Gasteiger partial charge in [0, 0.05) is 12.0 Å². The molecule has 1 aliphatic heterocycles. The second-order valence-electron chi connectivity index (χ2n) is 5.90. The van der Waals surface area contributed by atoms with Gasteiger partial charge in [0.1, 0.15) is 0 Å². The van der Waals surface area contributed by atoms with Crippen LogP contribution in [-0.4, -0.2) is 17.4 Å². The molecule has 1 unspecified atom stereocenters. The van der Waals surface area contributed by atoms with Crippen molar-refractivity contribution in [3.05, 3.63) is 77.9 Å². The Balaban J connectivity index is 1.81. The Morgan fingerprint density at radius 2 is 1.70 bits per heavy atom. The zero-order chi connectivity index (χ0) is 16.3. The molecule has 23 heavy (non-hydrogen) atoms. The number of nitrogens with zero attached hydrogens (tertiary/aromatic N) is 1. The van der Waals surface area contributed by atoms with E-state index in [9.17, 15) is 4.79 Å². The van der Waals surface area contributed by atoms with Crippen LogP contribution in [0.4, 0.5) is 0 Å². The number of allylic oxidation sites excluding steroid dienone is 1. The maximum Gasteiger partial charge on any atom is 0.340 e. The predicted molar refractivity (Wildman–Crippen MR) is 92.2 cm³/mol. The van der Waals surface area contributed by atoms with Crippen molar-refractivity contribution in [1.82, 2.24) is 0 Å². The summed E-state index contributed by atoms with van der Waals surface area (Å²) in [5.41, 5.74) is 2.24. The molecule has 3 rings (SSSR count). The van der Waals surface area contributed by atoms with E-state index in [1.165, 1.54) is 0 Å². The highest BCUT2D eigenvalue weighted by Gasteiger charge is 2.41. The molecule has 0 fully saturated rings. The minimum Gasteiger partial charge on any atom is -0.405 e. The number of carbonyl (C=O) groups is 1. The van der Waals surface area contributed by atoms with Gasteiger partial charge in [0.05, 0.1) is 0 Å². The summed E-state index contributed by atoms with van der Waals surface area (Å²) >= 11 is 0. The fraction of sp³-hybridized carbons (Fsp3) is 0.200. The molecule has 0 N–H and O–H groups in total. The Labute approximate surface area is 136 Å². The van der Waals surface area contributed by atoms with Crippen LogP contribution in [0.25, 0.3) is 5.57 Å². The second kappa shape index (κ2) is 6.21. The van der Waals surface area contributed by atoms with Crippen LogP contribution in [0.15, 0.2) is 71.7 Å². The Hall–Kier alpha value is -2.68. The van der Waals surface area contributed by atoms with Gasteiger partial charge < -0.3 is 4.74 Å². The molecule has 0 bridgehead atoms. The summed E-state index contributed by atoms with van der Waals surface area (Å²) in [4.78, 5) is 16.8. The molecule has 116 valence electrons. The van der Waals surface area contributed by atoms with E-state index in [1.54, 1.807) is 0 Å². The van der Waals surface area contributed by atoms with Crippen LogP contribution in [0, 0.1) is 0 Å². The first kappa shape index (κ1) is 15.2. The van der Waals surface area contributed by atoms with Crippen LogP contribution in [0.1, 0.15) is 31.4 Å². The lowest BCUT2D eigenvalue weighted by Gasteiger charge is -2.14. The quantitative estimate of drug-likeness (QED) is 0.792. The maximum atomic E-state index is 12.3. The molecule has 0 radical (unpaired) electrons. The molecule has 1 heterocycles. The van der Waals surface area contributed by atoms with Crippen LogP contribution in [0.2, 0.25) is 0 Å². The highest BCUT2D eigenvalue weighted by atomic mass is 16.6. The maximum absolute atomic E-state index is 12.3. The largest absolute Gasteiger partial charge is 0.405 e. The first-order valence-corrected chi connectivity index (χ1v) is 7.68. The van der Waals surface area contributed by atoms with Crippen molar-refractivity contribution in [2.45, 2.75) is 25.8 Å². The lowest BCUT2D eigenvalue weighted by Crippen LogP contribution is -2.29. The van der Waals surface area contributed by atoms with E-state index in [1.807, 2.05) is 68.5 Å². The van der Waals surface area contributed by atoms with E-state index in [0.717, 1.165) is 16.7 Å². The lowest BCUT2D eigenvalue weighted by atomic mass is 9.96. The van der Waals surface area contributed by atoms with Gasteiger partial charge in [0.25, 0.3) is 0 Å². The summed E-state index contributed by atoms with van der Waals surface area (Å²) in [6, 6.07) is 19.6. The van der Waals surface area contributed by atoms with Crippen LogP contribution in [-0.2, 0) is 9.53 Å². The number of cyclic esters (lactones) is 1. The highest BCUT2D eigenvalue weighted by Crippen LogP contribution is 2.28. The summed E-state index contributed by atoms with van der Waals surface area (Å²) < 4.78 is 5.38. The van der Waals surface area contributed by atoms with E-state index >= 15 is 0 Å². The fourth-order valence-electron chi connectivity index (χ4n) is 2.49. The standard InChI is InChI=1S/C20H19NO2/c1-15(16-9-5-3-6-10-16)13-14-20(2)19(22)23-18(21-20)17-11-7-4-8-12-17/h3-13H,14H2,1-2H3/b15-13+. The molecule has 3 heteroatoms. The van der Waals surface area contributed by atoms with Crippen molar-refractivity contribution >= 4 is 17.4 Å². The average molecular weight is 305 g/mol. The number of benzene rings is 2. The van der Waals surface area contributed by atoms with Crippen molar-refractivity contribution in [3.63, 3.8) is 0 Å². The summed E-state index contributed by atoms with van der Waals surface area (Å²) in [6.45, 7) is 3.86. The number of hydrogen-bond donors (Lipinski definition) is 0. The molecule has 0 saturated heterocycles. The summed E-state index contributed by atoms with van der Waals surface area (Å²) in [7, 11) is 0. The van der Waals surface area contributed by atoms with Gasteiger partial charge in [-0.1, -0.05) is 54.6 Å². The van der Waals surface area contributed by atoms with Gasteiger partial charge in [-0.2, -0.15) is 0 Å². The van der Waals surface area contributed by atoms with E-state index in [2.05, 4.69) is 17.1 Å². The van der Waals surface area contributed by atoms with Gasteiger partial charge in [-0.15, -0.1) is 0 Å². The normalized spacial score (nSPS) is 21.0. The molecule has 1 atom stereocenters. The Morgan fingerprint density at radius 1 is 1.09 bits per heavy atom. The van der Waals surface area contributed by atoms with E-state index in [-0.39, 0.29) is 5.97 Å². The minimum absolute atomic E-state index is 0.298. The summed E-state index contributed by atoms with van der Waals surface area (Å²) in [6.07, 6.45) is 2.57. The first-order valence-electron chi connectivity index (χ1n) is 7.68. The van der Waals surface area contributed by atoms with E-state index in [4.69, 9.17) is 4.74 Å². The van der Waals surface area contributed by atoms with Crippen LogP contribution >= 0.6 is 0 Å². The van der Waals surface area contributed by atoms with Crippen LogP contribution < -0.4 is 0 Å². The topological polar surface area (TPSA) is 38.7 Å². The van der Waals surface area contributed by atoms with Crippen molar-refractivity contribution < 1.29 is 9.53 Å². The zero-order valence-electron chi connectivity index (χ0n) is 13.3. The Morgan fingerprint density at radius 3 is 2.35 bits per heavy atom. The number of rotatable bonds is 4. The third-order valence-corrected chi connectivity index (χ3v) is 4.03. The van der Waals surface area contributed by atoms with Crippen molar-refractivity contribution in [3.8, 4) is 0 Å². The molecule has 2 aromatic rings. The minimum atomic E-state index is -0.860. The molecule has 0 aliphatic carbocycles. The number of hydrogen-bond acceptors (Lipinski definition) is 3. The second-order valence-corrected chi connectivity index (χ2v) is 5.90. The molecule has 0 amide bonds. The predicted octanol–water partition coefficient (Wildman–Crippen LogP) is 4.24. The third-order valence-electron chi connectivity index (χ3n) is 4.03. The molecule has 0 spiro atoms. The van der Waals surface area contributed by atoms with Gasteiger partial charge in [-0.05, 0) is 37.1 Å². The molecule has 0 saturated carbocycles. The van der Waals surface area contributed by atoms with E-state index in [0.29, 0.717) is 12.3 Å². The van der Waals surface area contributed by atoms with Crippen LogP contribution in [0.5, 0.6) is 0 Å². The van der Waals surface area contributed by atoms with E-state index < -0.39 is 5.54 Å². The van der Waals surface area contributed by atoms with Crippen molar-refractivity contribution in [2.75, 3.05) is 0 Å². The number of aliphatic imine (C=N–C) groups is 1. The lowest BCUT2D eigenvalue weighted by molar-refractivity contribution is -0.138. The molecular formula is C20H19NO2. The fourth-order valence-corrected chi connectivity index (χ4v) is 2.49. The molecular weight excluding hydrogens is 286 g/mol. The zero-order valence-corrected chi connectivity index (χ0v) is 13.3. The smallest absolute Gasteiger partial charge is 0.340 e. The van der Waals surface area contributed by atoms with Crippen LogP contribution in [0.3, 0.4) is 0 Å². The van der Waals surface area contributed by atoms with Gasteiger partial charge in [0.15, 0.2) is 5.54 Å². The molecule has 3 nitrogen and oxygen atoms in total. The molecule has 2 aromatic carbocycles. The third kappa shape index (κ3) is 3.24. The van der Waals surface area contributed by atoms with Crippen molar-refractivity contribution in [1.29, 1.82) is 0 Å². The van der Waals surface area contributed by atoms with Gasteiger partial charge in [-0.3, -0.25) is 0 Å². The molecule has 1 aliphatic rings. The van der Waals surface area contributed by atoms with Crippen molar-refractivity contribution in [2.24, 2.45) is 4.99 Å². The van der Waals surface area contributed by atoms with Gasteiger partial charge in [0.2, 0.25) is 5.90 Å². The highest BCUT2D eigenvalue weighted by molar-refractivity contribution is 6.07. The average Bonchev–Trinajstić information content (AvgIpc) is 2.90. The van der Waals surface area contributed by atoms with Gasteiger partial charge >= 0.3 is 5.97 Å². The number of esters is 1. The number of carbonyl (C=O) groups excluding carboxylic acids is 1. The number of ether oxygens (including phenoxy) is 1. The first-order chi connectivity index (χ1) is 11.1. The SMILES string of the molecule is C/C(=C\CC1(C)N=C(c2ccccc2)OC1=O)c1ccccc1. The summed E-state index contributed by atoms with van der Waals surface area (Å²) in [5, 5.41) is 0. The Kier molecular flexibility index (Phi) is 4.11. The Bertz CT molecular complexity index is 763.